The fourth-order valence-electron chi connectivity index (χ4n) is 3.27. The highest BCUT2D eigenvalue weighted by atomic mass is 16.5. The van der Waals surface area contributed by atoms with Crippen molar-refractivity contribution in [3.63, 3.8) is 0 Å². The minimum atomic E-state index is -0.0389. The van der Waals surface area contributed by atoms with Gasteiger partial charge in [0.15, 0.2) is 0 Å². The third kappa shape index (κ3) is 2.49. The number of ketones is 1. The Kier molecular flexibility index (Phi) is 3.61. The number of fused-ring (bicyclic) bond motifs is 1. The fraction of sp³-hybridized carbons (Fsp3) is 0.333. The minimum absolute atomic E-state index is 0.0389. The maximum Gasteiger partial charge on any atom is 0.212 e. The van der Waals surface area contributed by atoms with Gasteiger partial charge in [0.1, 0.15) is 0 Å². The maximum atomic E-state index is 12.7. The van der Waals surface area contributed by atoms with Crippen LogP contribution in [-0.4, -0.2) is 47.3 Å². The summed E-state index contributed by atoms with van der Waals surface area (Å²) in [6.45, 7) is 7.27. The van der Waals surface area contributed by atoms with Gasteiger partial charge in [-0.2, -0.15) is 5.10 Å². The van der Waals surface area contributed by atoms with E-state index in [1.54, 1.807) is 6.20 Å². The number of hydrogen-bond acceptors (Lipinski definition) is 4. The summed E-state index contributed by atoms with van der Waals surface area (Å²) in [5, 5.41) is 7.79. The van der Waals surface area contributed by atoms with Crippen molar-refractivity contribution in [3.8, 4) is 0 Å². The minimum Gasteiger partial charge on any atom is -0.378 e. The molecule has 3 aromatic rings. The van der Waals surface area contributed by atoms with Crippen LogP contribution in [-0.2, 0) is 4.74 Å². The van der Waals surface area contributed by atoms with E-state index in [4.69, 9.17) is 4.74 Å². The van der Waals surface area contributed by atoms with Crippen molar-refractivity contribution in [2.45, 2.75) is 13.8 Å². The Hall–Kier alpha value is -2.60. The number of aryl methyl sites for hydroxylation is 2. The molecule has 24 heavy (non-hydrogen) atoms. The van der Waals surface area contributed by atoms with Gasteiger partial charge in [-0.3, -0.25) is 9.89 Å². The molecule has 1 aliphatic heterocycles. The molecule has 2 aromatic heterocycles. The molecule has 1 aromatic carbocycles. The smallest absolute Gasteiger partial charge is 0.212 e. The van der Waals surface area contributed by atoms with Crippen molar-refractivity contribution < 1.29 is 9.53 Å². The van der Waals surface area contributed by atoms with Crippen molar-refractivity contribution >= 4 is 22.4 Å². The number of nitrogens with zero attached hydrogens (tertiary/aromatic N) is 2. The lowest BCUT2D eigenvalue weighted by atomic mass is 10.1. The zero-order valence-corrected chi connectivity index (χ0v) is 13.8. The molecule has 0 unspecified atom stereocenters. The predicted octanol–water partition coefficient (Wildman–Crippen LogP) is 2.58. The molecular weight excluding hydrogens is 304 g/mol. The van der Waals surface area contributed by atoms with Crippen LogP contribution in [0.25, 0.3) is 10.9 Å². The molecule has 4 rings (SSSR count). The molecule has 6 heteroatoms. The molecule has 6 nitrogen and oxygen atoms in total. The Morgan fingerprint density at radius 2 is 2.00 bits per heavy atom. The van der Waals surface area contributed by atoms with Crippen LogP contribution in [0.15, 0.2) is 24.4 Å². The summed E-state index contributed by atoms with van der Waals surface area (Å²) in [6, 6.07) is 6.19. The molecule has 3 heterocycles. The summed E-state index contributed by atoms with van der Waals surface area (Å²) in [7, 11) is 0. The number of carbonyl (C=O) groups is 1. The normalized spacial score (nSPS) is 15.2. The average Bonchev–Trinajstić information content (AvgIpc) is 3.20. The molecule has 1 aliphatic rings. The van der Waals surface area contributed by atoms with E-state index >= 15 is 0 Å². The van der Waals surface area contributed by atoms with Crippen molar-refractivity contribution in [1.82, 2.24) is 15.2 Å². The molecule has 0 radical (unpaired) electrons. The van der Waals surface area contributed by atoms with E-state index in [0.29, 0.717) is 11.3 Å². The first-order chi connectivity index (χ1) is 11.6. The zero-order valence-electron chi connectivity index (χ0n) is 13.8. The Balaban J connectivity index is 1.73. The van der Waals surface area contributed by atoms with Crippen molar-refractivity contribution in [3.05, 3.63) is 46.9 Å². The van der Waals surface area contributed by atoms with Crippen molar-refractivity contribution in [2.24, 2.45) is 0 Å². The standard InChI is InChI=1S/C18H20N4O2/c1-11-7-15-13(9-17(11)22-3-5-24-6-4-22)8-16(20-15)18(23)14-10-19-21-12(14)2/h7-10,20H,3-6H2,1-2H3,(H,19,21). The molecule has 0 bridgehead atoms. The quantitative estimate of drug-likeness (QED) is 0.726. The lowest BCUT2D eigenvalue weighted by Crippen LogP contribution is -2.36. The van der Waals surface area contributed by atoms with Crippen LogP contribution in [0.4, 0.5) is 5.69 Å². The summed E-state index contributed by atoms with van der Waals surface area (Å²) in [6.07, 6.45) is 1.58. The van der Waals surface area contributed by atoms with Gasteiger partial charge in [-0.15, -0.1) is 0 Å². The highest BCUT2D eigenvalue weighted by Gasteiger charge is 2.18. The van der Waals surface area contributed by atoms with E-state index in [9.17, 15) is 4.79 Å². The van der Waals surface area contributed by atoms with Gasteiger partial charge in [0.25, 0.3) is 0 Å². The zero-order chi connectivity index (χ0) is 16.7. The van der Waals surface area contributed by atoms with Gasteiger partial charge in [-0.1, -0.05) is 0 Å². The number of ether oxygens (including phenoxy) is 1. The lowest BCUT2D eigenvalue weighted by Gasteiger charge is -2.30. The monoisotopic (exact) mass is 324 g/mol. The Bertz CT molecular complexity index is 903. The molecule has 1 saturated heterocycles. The molecule has 0 spiro atoms. The number of nitrogens with one attached hydrogen (secondary N) is 2. The second-order valence-electron chi connectivity index (χ2n) is 6.25. The Morgan fingerprint density at radius 3 is 2.71 bits per heavy atom. The van der Waals surface area contributed by atoms with E-state index in [1.165, 1.54) is 11.3 Å². The average molecular weight is 324 g/mol. The van der Waals surface area contributed by atoms with Crippen molar-refractivity contribution in [2.75, 3.05) is 31.2 Å². The van der Waals surface area contributed by atoms with Crippen LogP contribution < -0.4 is 4.90 Å². The number of aromatic nitrogens is 3. The van der Waals surface area contributed by atoms with E-state index in [1.807, 2.05) is 13.0 Å². The van der Waals surface area contributed by atoms with Crippen LogP contribution in [0.2, 0.25) is 0 Å². The van der Waals surface area contributed by atoms with E-state index in [0.717, 1.165) is 42.9 Å². The summed E-state index contributed by atoms with van der Waals surface area (Å²) < 4.78 is 5.44. The van der Waals surface area contributed by atoms with E-state index in [2.05, 4.69) is 39.1 Å². The summed E-state index contributed by atoms with van der Waals surface area (Å²) in [4.78, 5) is 18.2. The number of aromatic amines is 2. The van der Waals surface area contributed by atoms with Gasteiger partial charge in [0, 0.05) is 35.4 Å². The number of carbonyl (C=O) groups excluding carboxylic acids is 1. The van der Waals surface area contributed by atoms with Gasteiger partial charge in [0.05, 0.1) is 30.7 Å². The third-order valence-electron chi connectivity index (χ3n) is 4.61. The summed E-state index contributed by atoms with van der Waals surface area (Å²) in [5.74, 6) is -0.0389. The molecule has 0 amide bonds. The second kappa shape index (κ2) is 5.79. The number of hydrogen-bond donors (Lipinski definition) is 2. The number of anilines is 1. The number of morpholine rings is 1. The van der Waals surface area contributed by atoms with E-state index in [-0.39, 0.29) is 5.78 Å². The Morgan fingerprint density at radius 1 is 1.21 bits per heavy atom. The summed E-state index contributed by atoms with van der Waals surface area (Å²) >= 11 is 0. The topological polar surface area (TPSA) is 74.0 Å². The largest absolute Gasteiger partial charge is 0.378 e. The number of rotatable bonds is 3. The molecule has 124 valence electrons. The molecule has 0 saturated carbocycles. The molecule has 0 aliphatic carbocycles. The predicted molar refractivity (Wildman–Crippen MR) is 92.8 cm³/mol. The number of benzene rings is 1. The van der Waals surface area contributed by atoms with Gasteiger partial charge in [-0.05, 0) is 37.6 Å². The SMILES string of the molecule is Cc1cc2[nH]c(C(=O)c3cn[nH]c3C)cc2cc1N1CCOCC1. The van der Waals surface area contributed by atoms with E-state index < -0.39 is 0 Å². The van der Waals surface area contributed by atoms with Gasteiger partial charge in [0.2, 0.25) is 5.78 Å². The highest BCUT2D eigenvalue weighted by molar-refractivity contribution is 6.10. The highest BCUT2D eigenvalue weighted by Crippen LogP contribution is 2.28. The van der Waals surface area contributed by atoms with Crippen LogP contribution >= 0.6 is 0 Å². The van der Waals surface area contributed by atoms with Gasteiger partial charge < -0.3 is 14.6 Å². The lowest BCUT2D eigenvalue weighted by molar-refractivity contribution is 0.103. The van der Waals surface area contributed by atoms with Crippen molar-refractivity contribution in [1.29, 1.82) is 0 Å². The van der Waals surface area contributed by atoms with Crippen LogP contribution in [0, 0.1) is 13.8 Å². The maximum absolute atomic E-state index is 12.7. The molecule has 2 N–H and O–H groups in total. The van der Waals surface area contributed by atoms with Gasteiger partial charge in [-0.25, -0.2) is 0 Å². The Labute approximate surface area is 139 Å². The molecular formula is C18H20N4O2. The van der Waals surface area contributed by atoms with Crippen LogP contribution in [0.1, 0.15) is 27.3 Å². The first-order valence-electron chi connectivity index (χ1n) is 8.14. The first kappa shape index (κ1) is 15.0. The number of H-pyrrole nitrogens is 2. The molecule has 0 atom stereocenters. The second-order valence-corrected chi connectivity index (χ2v) is 6.25. The summed E-state index contributed by atoms with van der Waals surface area (Å²) in [5.41, 5.74) is 5.37. The first-order valence-corrected chi connectivity index (χ1v) is 8.14. The fourth-order valence-corrected chi connectivity index (χ4v) is 3.27. The third-order valence-corrected chi connectivity index (χ3v) is 4.61. The molecule has 1 fully saturated rings. The van der Waals surface area contributed by atoms with Crippen LogP contribution in [0.3, 0.4) is 0 Å². The van der Waals surface area contributed by atoms with Crippen LogP contribution in [0.5, 0.6) is 0 Å². The van der Waals surface area contributed by atoms with Gasteiger partial charge >= 0.3 is 0 Å².